The van der Waals surface area contributed by atoms with Crippen LogP contribution in [-0.4, -0.2) is 28.0 Å². The van der Waals surface area contributed by atoms with Gasteiger partial charge in [0.15, 0.2) is 0 Å². The molecule has 0 atom stereocenters. The molecule has 2 aromatic heterocycles. The van der Waals surface area contributed by atoms with Crippen LogP contribution in [0, 0.1) is 3.57 Å². The Bertz CT molecular complexity index is 1040. The lowest BCUT2D eigenvalue weighted by atomic mass is 9.96. The first-order valence-electron chi connectivity index (χ1n) is 8.62. The summed E-state index contributed by atoms with van der Waals surface area (Å²) in [7, 11) is 0. The predicted molar refractivity (Wildman–Crippen MR) is 108 cm³/mol. The normalized spacial score (nSPS) is 16.0. The third kappa shape index (κ3) is 2.66. The van der Waals surface area contributed by atoms with Crippen molar-refractivity contribution in [1.82, 2.24) is 14.8 Å². The molecule has 0 unspecified atom stereocenters. The largest absolute Gasteiger partial charge is 0.381 e. The molecule has 5 rings (SSSR count). The number of hydrogen-bond acceptors (Lipinski definition) is 2. The van der Waals surface area contributed by atoms with Crippen molar-refractivity contribution in [2.24, 2.45) is 0 Å². The van der Waals surface area contributed by atoms with E-state index < -0.39 is 0 Å². The van der Waals surface area contributed by atoms with Crippen LogP contribution in [0.15, 0.2) is 48.7 Å². The van der Waals surface area contributed by atoms with Gasteiger partial charge in [-0.3, -0.25) is 5.10 Å². The highest BCUT2D eigenvalue weighted by Crippen LogP contribution is 2.35. The van der Waals surface area contributed by atoms with Crippen molar-refractivity contribution < 1.29 is 4.74 Å². The van der Waals surface area contributed by atoms with Gasteiger partial charge >= 0.3 is 0 Å². The van der Waals surface area contributed by atoms with Gasteiger partial charge in [0, 0.05) is 44.9 Å². The molecule has 1 saturated heterocycles. The van der Waals surface area contributed by atoms with E-state index in [0.717, 1.165) is 37.0 Å². The van der Waals surface area contributed by atoms with Gasteiger partial charge in [-0.15, -0.1) is 0 Å². The second kappa shape index (κ2) is 6.14. The van der Waals surface area contributed by atoms with E-state index in [0.29, 0.717) is 5.92 Å². The Morgan fingerprint density at radius 1 is 1.04 bits per heavy atom. The summed E-state index contributed by atoms with van der Waals surface area (Å²) in [6, 6.07) is 15.6. The Balaban J connectivity index is 1.78. The highest BCUT2D eigenvalue weighted by molar-refractivity contribution is 14.1. The smallest absolute Gasteiger partial charge is 0.0657 e. The second-order valence-corrected chi connectivity index (χ2v) is 7.88. The van der Waals surface area contributed by atoms with Crippen LogP contribution in [0.4, 0.5) is 0 Å². The molecule has 3 heterocycles. The zero-order chi connectivity index (χ0) is 16.8. The Hall–Kier alpha value is -1.86. The Kier molecular flexibility index (Phi) is 3.78. The lowest BCUT2D eigenvalue weighted by Gasteiger charge is -2.24. The van der Waals surface area contributed by atoms with Crippen molar-refractivity contribution in [1.29, 1.82) is 0 Å². The average molecular weight is 443 g/mol. The molecule has 2 aromatic carbocycles. The summed E-state index contributed by atoms with van der Waals surface area (Å²) >= 11 is 2.36. The number of nitrogens with one attached hydrogen (secondary N) is 1. The molecule has 25 heavy (non-hydrogen) atoms. The molecule has 0 bridgehead atoms. The summed E-state index contributed by atoms with van der Waals surface area (Å²) in [5.41, 5.74) is 4.95. The molecule has 1 N–H and O–H groups in total. The molecule has 0 aliphatic carbocycles. The van der Waals surface area contributed by atoms with Crippen LogP contribution in [0.5, 0.6) is 0 Å². The lowest BCUT2D eigenvalue weighted by molar-refractivity contribution is 0.0842. The third-order valence-corrected chi connectivity index (χ3v) is 5.83. The number of rotatable bonds is 2. The first-order valence-corrected chi connectivity index (χ1v) is 9.69. The number of nitrogens with zero attached hydrogens (tertiary/aromatic N) is 2. The van der Waals surface area contributed by atoms with Gasteiger partial charge in [0.25, 0.3) is 0 Å². The van der Waals surface area contributed by atoms with Crippen molar-refractivity contribution in [3.05, 3.63) is 57.9 Å². The molecule has 1 fully saturated rings. The summed E-state index contributed by atoms with van der Waals surface area (Å²) in [4.78, 5) is 0. The number of fused-ring (bicyclic) bond motifs is 2. The SMILES string of the molecule is Ic1ccc(-n2c(C3CCOCC3)cc3cc4[nH]ncc4cc32)cc1. The number of aromatic nitrogens is 3. The zero-order valence-electron chi connectivity index (χ0n) is 13.7. The minimum atomic E-state index is 0.539. The number of ether oxygens (including phenoxy) is 1. The molecular formula is C20H18IN3O. The van der Waals surface area contributed by atoms with Crippen LogP contribution in [0.2, 0.25) is 0 Å². The summed E-state index contributed by atoms with van der Waals surface area (Å²) in [6.45, 7) is 1.70. The van der Waals surface area contributed by atoms with Crippen molar-refractivity contribution in [3.63, 3.8) is 0 Å². The fourth-order valence-electron chi connectivity index (χ4n) is 3.84. The van der Waals surface area contributed by atoms with Gasteiger partial charge < -0.3 is 9.30 Å². The molecule has 4 nitrogen and oxygen atoms in total. The number of aromatic amines is 1. The van der Waals surface area contributed by atoms with Gasteiger partial charge in [-0.25, -0.2) is 0 Å². The van der Waals surface area contributed by atoms with Gasteiger partial charge in [-0.2, -0.15) is 5.10 Å². The minimum absolute atomic E-state index is 0.539. The molecule has 126 valence electrons. The molecule has 5 heteroatoms. The van der Waals surface area contributed by atoms with E-state index in [1.807, 2.05) is 6.20 Å². The molecule has 1 aliphatic heterocycles. The van der Waals surface area contributed by atoms with Crippen LogP contribution in [0.1, 0.15) is 24.5 Å². The molecule has 1 aliphatic rings. The zero-order valence-corrected chi connectivity index (χ0v) is 15.9. The van der Waals surface area contributed by atoms with Crippen LogP contribution in [-0.2, 0) is 4.74 Å². The first-order chi connectivity index (χ1) is 12.3. The van der Waals surface area contributed by atoms with Gasteiger partial charge in [-0.05, 0) is 77.9 Å². The van der Waals surface area contributed by atoms with E-state index in [2.05, 4.69) is 79.8 Å². The summed E-state index contributed by atoms with van der Waals surface area (Å²) in [5.74, 6) is 0.539. The van der Waals surface area contributed by atoms with E-state index >= 15 is 0 Å². The van der Waals surface area contributed by atoms with Crippen molar-refractivity contribution in [2.45, 2.75) is 18.8 Å². The van der Waals surface area contributed by atoms with Crippen LogP contribution in [0.3, 0.4) is 0 Å². The third-order valence-electron chi connectivity index (χ3n) is 5.11. The van der Waals surface area contributed by atoms with E-state index in [1.165, 1.54) is 25.9 Å². The molecule has 0 radical (unpaired) electrons. The van der Waals surface area contributed by atoms with Gasteiger partial charge in [0.05, 0.1) is 17.2 Å². The fourth-order valence-corrected chi connectivity index (χ4v) is 4.20. The van der Waals surface area contributed by atoms with Crippen LogP contribution >= 0.6 is 22.6 Å². The van der Waals surface area contributed by atoms with E-state index in [4.69, 9.17) is 4.74 Å². The first kappa shape index (κ1) is 15.4. The summed E-state index contributed by atoms with van der Waals surface area (Å²) in [5, 5.41) is 9.68. The number of hydrogen-bond donors (Lipinski definition) is 1. The number of halogens is 1. The highest BCUT2D eigenvalue weighted by Gasteiger charge is 2.22. The molecule has 0 amide bonds. The van der Waals surface area contributed by atoms with Crippen molar-refractivity contribution in [3.8, 4) is 5.69 Å². The standard InChI is InChI=1S/C20H18IN3O/c21-16-1-3-17(4-2-16)24-19(13-5-7-25-8-6-13)10-14-9-18-15(11-20(14)24)12-22-23-18/h1-4,9-13H,5-8H2,(H,22,23). The predicted octanol–water partition coefficient (Wildman–Crippen LogP) is 5.01. The summed E-state index contributed by atoms with van der Waals surface area (Å²) in [6.07, 6.45) is 4.06. The lowest BCUT2D eigenvalue weighted by Crippen LogP contribution is -2.16. The molecule has 0 spiro atoms. The van der Waals surface area contributed by atoms with Gasteiger partial charge in [-0.1, -0.05) is 0 Å². The highest BCUT2D eigenvalue weighted by atomic mass is 127. The maximum absolute atomic E-state index is 5.58. The van der Waals surface area contributed by atoms with Gasteiger partial charge in [0.2, 0.25) is 0 Å². The van der Waals surface area contributed by atoms with Crippen molar-refractivity contribution in [2.75, 3.05) is 13.2 Å². The number of H-pyrrole nitrogens is 1. The quantitative estimate of drug-likeness (QED) is 0.443. The fraction of sp³-hybridized carbons (Fsp3) is 0.250. The van der Waals surface area contributed by atoms with Gasteiger partial charge in [0.1, 0.15) is 0 Å². The van der Waals surface area contributed by atoms with Crippen LogP contribution < -0.4 is 0 Å². The maximum Gasteiger partial charge on any atom is 0.0657 e. The van der Waals surface area contributed by atoms with E-state index in [9.17, 15) is 0 Å². The van der Waals surface area contributed by atoms with Crippen molar-refractivity contribution >= 4 is 44.4 Å². The Labute approximate surface area is 159 Å². The second-order valence-electron chi connectivity index (χ2n) is 6.64. The monoisotopic (exact) mass is 443 g/mol. The molecule has 4 aromatic rings. The average Bonchev–Trinajstić information content (AvgIpc) is 3.25. The topological polar surface area (TPSA) is 42.8 Å². The van der Waals surface area contributed by atoms with E-state index in [-0.39, 0.29) is 0 Å². The number of benzene rings is 2. The molecular weight excluding hydrogens is 425 g/mol. The van der Waals surface area contributed by atoms with Crippen LogP contribution in [0.25, 0.3) is 27.5 Å². The maximum atomic E-state index is 5.58. The minimum Gasteiger partial charge on any atom is -0.381 e. The van der Waals surface area contributed by atoms with E-state index in [1.54, 1.807) is 0 Å². The summed E-state index contributed by atoms with van der Waals surface area (Å²) < 4.78 is 9.26. The Morgan fingerprint density at radius 3 is 2.64 bits per heavy atom. The Morgan fingerprint density at radius 2 is 1.84 bits per heavy atom. The molecule has 0 saturated carbocycles.